The Labute approximate surface area is 94.2 Å². The van der Waals surface area contributed by atoms with Crippen molar-refractivity contribution in [1.29, 1.82) is 0 Å². The van der Waals surface area contributed by atoms with Crippen molar-refractivity contribution in [2.75, 3.05) is 13.1 Å². The van der Waals surface area contributed by atoms with Gasteiger partial charge in [0.2, 0.25) is 5.91 Å². The van der Waals surface area contributed by atoms with Crippen LogP contribution in [0.25, 0.3) is 0 Å². The molecule has 0 aromatic carbocycles. The van der Waals surface area contributed by atoms with E-state index < -0.39 is 0 Å². The molecule has 2 rings (SSSR count). The molecule has 0 spiro atoms. The van der Waals surface area contributed by atoms with Crippen molar-refractivity contribution in [1.82, 2.24) is 4.90 Å². The number of nitrogens with zero attached hydrogens (tertiary/aromatic N) is 1. The first-order valence-electron chi connectivity index (χ1n) is 5.67. The molecule has 2 fully saturated rings. The molecule has 2 aliphatic rings. The Bertz CT molecular complexity index is 213. The number of alkyl halides is 1. The lowest BCUT2D eigenvalue weighted by Crippen LogP contribution is -2.29. The molecule has 3 heteroatoms. The second-order valence-corrected chi connectivity index (χ2v) is 5.88. The van der Waals surface area contributed by atoms with Crippen molar-refractivity contribution in [3.63, 3.8) is 0 Å². The zero-order chi connectivity index (χ0) is 9.97. The molecule has 0 N–H and O–H groups in total. The van der Waals surface area contributed by atoms with Gasteiger partial charge in [0.1, 0.15) is 0 Å². The number of amides is 1. The van der Waals surface area contributed by atoms with Crippen LogP contribution in [0.15, 0.2) is 0 Å². The fraction of sp³-hybridized carbons (Fsp3) is 0.909. The van der Waals surface area contributed by atoms with Crippen LogP contribution in [0, 0.1) is 5.92 Å². The molecule has 0 bridgehead atoms. The lowest BCUT2D eigenvalue weighted by atomic mass is 10.0. The molecule has 1 atom stereocenters. The van der Waals surface area contributed by atoms with E-state index in [-0.39, 0.29) is 0 Å². The number of hydrogen-bond donors (Lipinski definition) is 0. The fourth-order valence-electron chi connectivity index (χ4n) is 2.53. The third-order valence-corrected chi connectivity index (χ3v) is 4.17. The van der Waals surface area contributed by atoms with Crippen molar-refractivity contribution in [2.24, 2.45) is 5.92 Å². The number of likely N-dealkylation sites (tertiary alicyclic amines) is 1. The summed E-state index contributed by atoms with van der Waals surface area (Å²) in [4.78, 5) is 14.4. The van der Waals surface area contributed by atoms with Gasteiger partial charge in [-0.25, -0.2) is 0 Å². The van der Waals surface area contributed by atoms with Crippen LogP contribution in [0.3, 0.4) is 0 Å². The molecule has 1 aliphatic carbocycles. The van der Waals surface area contributed by atoms with Crippen LogP contribution >= 0.6 is 15.9 Å². The maximum atomic E-state index is 11.9. The Hall–Kier alpha value is -0.0500. The summed E-state index contributed by atoms with van der Waals surface area (Å²) in [6.45, 7) is 1.88. The Kier molecular flexibility index (Phi) is 3.47. The molecule has 2 nitrogen and oxygen atoms in total. The van der Waals surface area contributed by atoms with Gasteiger partial charge in [-0.05, 0) is 25.2 Å². The van der Waals surface area contributed by atoms with E-state index in [0.717, 1.165) is 25.9 Å². The second kappa shape index (κ2) is 4.65. The van der Waals surface area contributed by atoms with E-state index in [1.807, 2.05) is 4.90 Å². The van der Waals surface area contributed by atoms with Gasteiger partial charge in [0, 0.05) is 24.3 Å². The minimum atomic E-state index is 0.388. The smallest absolute Gasteiger partial charge is 0.222 e. The Balaban J connectivity index is 1.77. The lowest BCUT2D eigenvalue weighted by Gasteiger charge is -2.17. The summed E-state index contributed by atoms with van der Waals surface area (Å²) in [7, 11) is 0. The maximum absolute atomic E-state index is 11.9. The summed E-state index contributed by atoms with van der Waals surface area (Å²) in [6, 6.07) is 0. The van der Waals surface area contributed by atoms with Gasteiger partial charge in [-0.3, -0.25) is 4.79 Å². The van der Waals surface area contributed by atoms with Gasteiger partial charge in [0.15, 0.2) is 0 Å². The molecule has 14 heavy (non-hydrogen) atoms. The highest BCUT2D eigenvalue weighted by molar-refractivity contribution is 9.09. The molecule has 1 heterocycles. The van der Waals surface area contributed by atoms with Gasteiger partial charge in [-0.2, -0.15) is 0 Å². The van der Waals surface area contributed by atoms with Crippen molar-refractivity contribution in [3.05, 3.63) is 0 Å². The van der Waals surface area contributed by atoms with Gasteiger partial charge >= 0.3 is 0 Å². The summed E-state index contributed by atoms with van der Waals surface area (Å²) < 4.78 is 0. The normalized spacial score (nSPS) is 28.6. The SMILES string of the molecule is O=C(CC1CCCC1)N1CCC(Br)C1. The zero-order valence-corrected chi connectivity index (χ0v) is 10.1. The fourth-order valence-corrected chi connectivity index (χ4v) is 3.09. The standard InChI is InChI=1S/C11H18BrNO/c12-10-5-6-13(8-10)11(14)7-9-3-1-2-4-9/h9-10H,1-8H2. The van der Waals surface area contributed by atoms with Gasteiger partial charge in [0.05, 0.1) is 0 Å². The first kappa shape index (κ1) is 10.5. The van der Waals surface area contributed by atoms with E-state index in [4.69, 9.17) is 0 Å². The van der Waals surface area contributed by atoms with Crippen LogP contribution in [0.1, 0.15) is 38.5 Å². The zero-order valence-electron chi connectivity index (χ0n) is 8.54. The molecule has 0 aromatic heterocycles. The highest BCUT2D eigenvalue weighted by Crippen LogP contribution is 2.29. The topological polar surface area (TPSA) is 20.3 Å². The molecule has 0 aromatic rings. The lowest BCUT2D eigenvalue weighted by molar-refractivity contribution is -0.131. The van der Waals surface area contributed by atoms with Crippen molar-refractivity contribution in [2.45, 2.75) is 43.4 Å². The monoisotopic (exact) mass is 259 g/mol. The number of carbonyl (C=O) groups is 1. The molecule has 1 saturated carbocycles. The predicted molar refractivity (Wildman–Crippen MR) is 60.5 cm³/mol. The van der Waals surface area contributed by atoms with Crippen molar-refractivity contribution >= 4 is 21.8 Å². The molecule has 0 radical (unpaired) electrons. The quantitative estimate of drug-likeness (QED) is 0.699. The highest BCUT2D eigenvalue weighted by Gasteiger charge is 2.26. The van der Waals surface area contributed by atoms with Crippen molar-refractivity contribution < 1.29 is 4.79 Å². The number of halogens is 1. The number of hydrogen-bond acceptors (Lipinski definition) is 1. The number of rotatable bonds is 2. The van der Waals surface area contributed by atoms with Crippen LogP contribution in [0.5, 0.6) is 0 Å². The van der Waals surface area contributed by atoms with E-state index in [1.165, 1.54) is 25.7 Å². The van der Waals surface area contributed by atoms with Crippen LogP contribution in [0.4, 0.5) is 0 Å². The van der Waals surface area contributed by atoms with E-state index in [0.29, 0.717) is 16.7 Å². The molecular formula is C11H18BrNO. The van der Waals surface area contributed by atoms with Crippen molar-refractivity contribution in [3.8, 4) is 0 Å². The summed E-state index contributed by atoms with van der Waals surface area (Å²) in [5, 5.41) is 0. The molecule has 1 aliphatic heterocycles. The summed E-state index contributed by atoms with van der Waals surface area (Å²) in [5.74, 6) is 1.08. The van der Waals surface area contributed by atoms with E-state index in [9.17, 15) is 4.79 Å². The average molecular weight is 260 g/mol. The molecular weight excluding hydrogens is 242 g/mol. The van der Waals surface area contributed by atoms with Crippen LogP contribution in [0.2, 0.25) is 0 Å². The molecule has 1 amide bonds. The predicted octanol–water partition coefficient (Wildman–Crippen LogP) is 2.56. The summed E-state index contributed by atoms with van der Waals surface area (Å²) in [5.41, 5.74) is 0. The van der Waals surface area contributed by atoms with Gasteiger partial charge in [-0.15, -0.1) is 0 Å². The summed E-state index contributed by atoms with van der Waals surface area (Å²) in [6.07, 6.45) is 7.14. The molecule has 1 saturated heterocycles. The van der Waals surface area contributed by atoms with E-state index in [2.05, 4.69) is 15.9 Å². The number of carbonyl (C=O) groups excluding carboxylic acids is 1. The second-order valence-electron chi connectivity index (χ2n) is 4.58. The minimum absolute atomic E-state index is 0.388. The van der Waals surface area contributed by atoms with Crippen LogP contribution in [-0.4, -0.2) is 28.7 Å². The first-order chi connectivity index (χ1) is 6.75. The van der Waals surface area contributed by atoms with Gasteiger partial charge < -0.3 is 4.90 Å². The Morgan fingerprint density at radius 3 is 2.57 bits per heavy atom. The van der Waals surface area contributed by atoms with E-state index >= 15 is 0 Å². The largest absolute Gasteiger partial charge is 0.342 e. The highest BCUT2D eigenvalue weighted by atomic mass is 79.9. The maximum Gasteiger partial charge on any atom is 0.222 e. The van der Waals surface area contributed by atoms with Gasteiger partial charge in [-0.1, -0.05) is 28.8 Å². The Morgan fingerprint density at radius 1 is 1.29 bits per heavy atom. The first-order valence-corrected chi connectivity index (χ1v) is 6.59. The minimum Gasteiger partial charge on any atom is -0.342 e. The molecule has 80 valence electrons. The third-order valence-electron chi connectivity index (χ3n) is 3.42. The summed E-state index contributed by atoms with van der Waals surface area (Å²) >= 11 is 3.57. The van der Waals surface area contributed by atoms with Crippen LogP contribution < -0.4 is 0 Å². The van der Waals surface area contributed by atoms with E-state index in [1.54, 1.807) is 0 Å². The average Bonchev–Trinajstić information content (AvgIpc) is 2.75. The van der Waals surface area contributed by atoms with Crippen LogP contribution in [-0.2, 0) is 4.79 Å². The molecule has 1 unspecified atom stereocenters. The van der Waals surface area contributed by atoms with Gasteiger partial charge in [0.25, 0.3) is 0 Å². The Morgan fingerprint density at radius 2 is 2.00 bits per heavy atom. The third kappa shape index (κ3) is 2.50.